The number of ether oxygens (including phenoxy) is 1. The van der Waals surface area contributed by atoms with Gasteiger partial charge in [-0.2, -0.15) is 0 Å². The number of rotatable bonds is 6. The molecule has 0 spiro atoms. The zero-order valence-electron chi connectivity index (χ0n) is 11.9. The van der Waals surface area contributed by atoms with Crippen molar-refractivity contribution in [3.05, 3.63) is 35.4 Å². The number of carboxylic acid groups (broad SMARTS) is 1. The SMILES string of the molecule is CCCOc1ccccc1NC(=O)/C(C)=C(/C)C(=O)O. The van der Waals surface area contributed by atoms with E-state index in [1.54, 1.807) is 18.2 Å². The van der Waals surface area contributed by atoms with E-state index < -0.39 is 11.9 Å². The second kappa shape index (κ2) is 7.33. The van der Waals surface area contributed by atoms with Gasteiger partial charge in [0.05, 0.1) is 12.3 Å². The van der Waals surface area contributed by atoms with Crippen LogP contribution in [0.5, 0.6) is 5.75 Å². The minimum atomic E-state index is -1.10. The van der Waals surface area contributed by atoms with Crippen LogP contribution < -0.4 is 10.1 Å². The summed E-state index contributed by atoms with van der Waals surface area (Å²) in [6.07, 6.45) is 0.860. The molecule has 108 valence electrons. The molecular weight excluding hydrogens is 258 g/mol. The lowest BCUT2D eigenvalue weighted by molar-refractivity contribution is -0.133. The van der Waals surface area contributed by atoms with Gasteiger partial charge in [-0.05, 0) is 32.4 Å². The van der Waals surface area contributed by atoms with Crippen molar-refractivity contribution in [3.63, 3.8) is 0 Å². The molecule has 1 aromatic rings. The van der Waals surface area contributed by atoms with Gasteiger partial charge < -0.3 is 15.2 Å². The third-order valence-electron chi connectivity index (χ3n) is 2.82. The molecule has 0 unspecified atom stereocenters. The van der Waals surface area contributed by atoms with E-state index in [9.17, 15) is 9.59 Å². The summed E-state index contributed by atoms with van der Waals surface area (Å²) in [7, 11) is 0. The molecule has 2 N–H and O–H groups in total. The summed E-state index contributed by atoms with van der Waals surface area (Å²) >= 11 is 0. The first-order chi connectivity index (χ1) is 9.47. The summed E-state index contributed by atoms with van der Waals surface area (Å²) in [6, 6.07) is 7.06. The molecule has 0 aliphatic carbocycles. The number of anilines is 1. The topological polar surface area (TPSA) is 75.6 Å². The lowest BCUT2D eigenvalue weighted by atomic mass is 10.1. The van der Waals surface area contributed by atoms with Crippen molar-refractivity contribution >= 4 is 17.6 Å². The number of hydrogen-bond donors (Lipinski definition) is 2. The van der Waals surface area contributed by atoms with Gasteiger partial charge in [0.2, 0.25) is 0 Å². The number of para-hydroxylation sites is 2. The molecule has 1 rings (SSSR count). The summed E-state index contributed by atoms with van der Waals surface area (Å²) in [4.78, 5) is 22.8. The Kier molecular flexibility index (Phi) is 5.77. The third kappa shape index (κ3) is 4.12. The van der Waals surface area contributed by atoms with Crippen molar-refractivity contribution < 1.29 is 19.4 Å². The average molecular weight is 277 g/mol. The zero-order valence-corrected chi connectivity index (χ0v) is 11.9. The van der Waals surface area contributed by atoms with E-state index in [-0.39, 0.29) is 11.1 Å². The van der Waals surface area contributed by atoms with Crippen molar-refractivity contribution in [1.29, 1.82) is 0 Å². The Bertz CT molecular complexity index is 534. The third-order valence-corrected chi connectivity index (χ3v) is 2.82. The van der Waals surface area contributed by atoms with Crippen LogP contribution in [0.1, 0.15) is 27.2 Å². The predicted octanol–water partition coefficient (Wildman–Crippen LogP) is 2.83. The molecule has 1 aromatic carbocycles. The Morgan fingerprint density at radius 3 is 2.45 bits per heavy atom. The average Bonchev–Trinajstić information content (AvgIpc) is 2.44. The lowest BCUT2D eigenvalue weighted by Gasteiger charge is -2.12. The monoisotopic (exact) mass is 277 g/mol. The van der Waals surface area contributed by atoms with Crippen molar-refractivity contribution in [2.75, 3.05) is 11.9 Å². The van der Waals surface area contributed by atoms with Crippen LogP contribution >= 0.6 is 0 Å². The van der Waals surface area contributed by atoms with Gasteiger partial charge in [0.25, 0.3) is 5.91 Å². The molecule has 0 atom stereocenters. The highest BCUT2D eigenvalue weighted by atomic mass is 16.5. The van der Waals surface area contributed by atoms with E-state index in [0.29, 0.717) is 18.0 Å². The van der Waals surface area contributed by atoms with Gasteiger partial charge in [0.1, 0.15) is 5.75 Å². The number of aliphatic carboxylic acids is 1. The summed E-state index contributed by atoms with van der Waals surface area (Å²) in [6.45, 7) is 5.42. The van der Waals surface area contributed by atoms with E-state index in [2.05, 4.69) is 5.32 Å². The van der Waals surface area contributed by atoms with Crippen LogP contribution in [0.15, 0.2) is 35.4 Å². The summed E-state index contributed by atoms with van der Waals surface area (Å²) in [5.41, 5.74) is 0.723. The minimum absolute atomic E-state index is 0.0226. The first-order valence-corrected chi connectivity index (χ1v) is 6.41. The molecule has 0 radical (unpaired) electrons. The van der Waals surface area contributed by atoms with Crippen molar-refractivity contribution in [3.8, 4) is 5.75 Å². The number of amides is 1. The smallest absolute Gasteiger partial charge is 0.331 e. The molecule has 0 aromatic heterocycles. The quantitative estimate of drug-likeness (QED) is 0.784. The molecule has 5 nitrogen and oxygen atoms in total. The molecule has 0 aliphatic heterocycles. The first kappa shape index (κ1) is 15.8. The maximum absolute atomic E-state index is 12.0. The molecule has 1 amide bonds. The highest BCUT2D eigenvalue weighted by Crippen LogP contribution is 2.24. The second-order valence-electron chi connectivity index (χ2n) is 4.35. The maximum atomic E-state index is 12.0. The van der Waals surface area contributed by atoms with E-state index in [0.717, 1.165) is 6.42 Å². The molecular formula is C15H19NO4. The van der Waals surface area contributed by atoms with Gasteiger partial charge in [-0.15, -0.1) is 0 Å². The fourth-order valence-electron chi connectivity index (χ4n) is 1.45. The van der Waals surface area contributed by atoms with Crippen LogP contribution in [0.4, 0.5) is 5.69 Å². The van der Waals surface area contributed by atoms with Crippen LogP contribution in [0, 0.1) is 0 Å². The van der Waals surface area contributed by atoms with Crippen molar-refractivity contribution in [2.24, 2.45) is 0 Å². The number of carbonyl (C=O) groups is 2. The lowest BCUT2D eigenvalue weighted by Crippen LogP contribution is -2.17. The van der Waals surface area contributed by atoms with E-state index >= 15 is 0 Å². The van der Waals surface area contributed by atoms with Gasteiger partial charge in [0, 0.05) is 11.1 Å². The normalized spacial score (nSPS) is 11.6. The van der Waals surface area contributed by atoms with Gasteiger partial charge in [-0.3, -0.25) is 4.79 Å². The first-order valence-electron chi connectivity index (χ1n) is 6.41. The fourth-order valence-corrected chi connectivity index (χ4v) is 1.45. The van der Waals surface area contributed by atoms with E-state index in [1.807, 2.05) is 13.0 Å². The number of nitrogens with one attached hydrogen (secondary N) is 1. The maximum Gasteiger partial charge on any atom is 0.331 e. The van der Waals surface area contributed by atoms with E-state index in [4.69, 9.17) is 9.84 Å². The molecule has 5 heteroatoms. The second-order valence-corrected chi connectivity index (χ2v) is 4.35. The Labute approximate surface area is 118 Å². The fraction of sp³-hybridized carbons (Fsp3) is 0.333. The number of hydrogen-bond acceptors (Lipinski definition) is 3. The molecule has 0 heterocycles. The number of carbonyl (C=O) groups excluding carboxylic acids is 1. The number of benzene rings is 1. The zero-order chi connectivity index (χ0) is 15.1. The molecule has 20 heavy (non-hydrogen) atoms. The van der Waals surface area contributed by atoms with Crippen molar-refractivity contribution in [1.82, 2.24) is 0 Å². The van der Waals surface area contributed by atoms with Gasteiger partial charge in [-0.25, -0.2) is 4.79 Å². The Hall–Kier alpha value is -2.30. The van der Waals surface area contributed by atoms with Crippen LogP contribution in [0.3, 0.4) is 0 Å². The molecule has 0 saturated carbocycles. The van der Waals surface area contributed by atoms with Crippen LogP contribution in [0.2, 0.25) is 0 Å². The van der Waals surface area contributed by atoms with Crippen LogP contribution in [-0.2, 0) is 9.59 Å². The van der Waals surface area contributed by atoms with Crippen LogP contribution in [0.25, 0.3) is 0 Å². The van der Waals surface area contributed by atoms with Gasteiger partial charge in [-0.1, -0.05) is 19.1 Å². The standard InChI is InChI=1S/C15H19NO4/c1-4-9-20-13-8-6-5-7-12(13)16-14(17)10(2)11(3)15(18)19/h5-8H,4,9H2,1-3H3,(H,16,17)(H,18,19)/b11-10-. The molecule has 0 bridgehead atoms. The molecule has 0 saturated heterocycles. The van der Waals surface area contributed by atoms with Crippen molar-refractivity contribution in [2.45, 2.75) is 27.2 Å². The van der Waals surface area contributed by atoms with E-state index in [1.165, 1.54) is 13.8 Å². The molecule has 0 fully saturated rings. The van der Waals surface area contributed by atoms with Crippen LogP contribution in [-0.4, -0.2) is 23.6 Å². The predicted molar refractivity (Wildman–Crippen MR) is 76.9 cm³/mol. The van der Waals surface area contributed by atoms with Gasteiger partial charge >= 0.3 is 5.97 Å². The Balaban J connectivity index is 2.91. The summed E-state index contributed by atoms with van der Waals surface area (Å²) in [5, 5.41) is 11.5. The summed E-state index contributed by atoms with van der Waals surface area (Å²) in [5.74, 6) is -0.978. The minimum Gasteiger partial charge on any atom is -0.491 e. The highest BCUT2D eigenvalue weighted by Gasteiger charge is 2.14. The largest absolute Gasteiger partial charge is 0.491 e. The summed E-state index contributed by atoms with van der Waals surface area (Å²) < 4.78 is 5.53. The highest BCUT2D eigenvalue weighted by molar-refractivity contribution is 6.08. The number of carboxylic acids is 1. The Morgan fingerprint density at radius 1 is 1.20 bits per heavy atom. The Morgan fingerprint density at radius 2 is 1.85 bits per heavy atom. The van der Waals surface area contributed by atoms with Gasteiger partial charge in [0.15, 0.2) is 0 Å². The molecule has 0 aliphatic rings.